The van der Waals surface area contributed by atoms with Gasteiger partial charge in [-0.3, -0.25) is 0 Å². The van der Waals surface area contributed by atoms with E-state index in [1.807, 2.05) is 0 Å². The summed E-state index contributed by atoms with van der Waals surface area (Å²) in [6, 6.07) is 2.50. The number of piperidine rings is 1. The Hall–Kier alpha value is -0.0800. The lowest BCUT2D eigenvalue weighted by molar-refractivity contribution is 0.151. The lowest BCUT2D eigenvalue weighted by atomic mass is 9.74. The molecule has 4 unspecified atom stereocenters. The van der Waals surface area contributed by atoms with Crippen molar-refractivity contribution in [1.82, 2.24) is 10.6 Å². The first-order valence-corrected chi connectivity index (χ1v) is 8.88. The Morgan fingerprint density at radius 2 is 1.53 bits per heavy atom. The van der Waals surface area contributed by atoms with Crippen LogP contribution in [0.3, 0.4) is 0 Å². The zero-order chi connectivity index (χ0) is 12.7. The van der Waals surface area contributed by atoms with Crippen LogP contribution in [0.4, 0.5) is 0 Å². The van der Waals surface area contributed by atoms with Crippen LogP contribution < -0.4 is 10.6 Å². The Bertz CT molecular complexity index is 284. The normalized spacial score (nSPS) is 50.5. The molecule has 4 aliphatic heterocycles. The summed E-state index contributed by atoms with van der Waals surface area (Å²) in [5.74, 6) is 2.95. The van der Waals surface area contributed by atoms with Gasteiger partial charge < -0.3 is 10.6 Å². The van der Waals surface area contributed by atoms with Gasteiger partial charge in [-0.05, 0) is 82.1 Å². The van der Waals surface area contributed by atoms with E-state index in [1.165, 1.54) is 70.8 Å². The molecule has 2 saturated carbocycles. The van der Waals surface area contributed by atoms with Crippen molar-refractivity contribution in [2.24, 2.45) is 17.8 Å². The maximum absolute atomic E-state index is 4.07. The molecule has 108 valence electrons. The second-order valence-electron chi connectivity index (χ2n) is 7.78. The largest absolute Gasteiger partial charge is 0.313 e. The van der Waals surface area contributed by atoms with Gasteiger partial charge in [0.15, 0.2) is 0 Å². The molecule has 19 heavy (non-hydrogen) atoms. The Labute approximate surface area is 118 Å². The van der Waals surface area contributed by atoms with Crippen molar-refractivity contribution in [2.75, 3.05) is 6.54 Å². The Balaban J connectivity index is 1.49. The summed E-state index contributed by atoms with van der Waals surface area (Å²) in [6.07, 6.45) is 14.8. The van der Waals surface area contributed by atoms with Gasteiger partial charge in [0, 0.05) is 18.1 Å². The van der Waals surface area contributed by atoms with E-state index < -0.39 is 0 Å². The van der Waals surface area contributed by atoms with Gasteiger partial charge in [0.2, 0.25) is 0 Å². The summed E-state index contributed by atoms with van der Waals surface area (Å²) < 4.78 is 0. The summed E-state index contributed by atoms with van der Waals surface area (Å²) in [6.45, 7) is 1.31. The molecule has 4 saturated heterocycles. The molecule has 4 bridgehead atoms. The van der Waals surface area contributed by atoms with Crippen molar-refractivity contribution in [1.29, 1.82) is 0 Å². The molecule has 2 nitrogen and oxygen atoms in total. The molecule has 0 aromatic carbocycles. The van der Waals surface area contributed by atoms with E-state index in [9.17, 15) is 0 Å². The van der Waals surface area contributed by atoms with Gasteiger partial charge in [0.25, 0.3) is 0 Å². The van der Waals surface area contributed by atoms with Gasteiger partial charge in [-0.2, -0.15) is 0 Å². The van der Waals surface area contributed by atoms with Gasteiger partial charge in [-0.15, -0.1) is 0 Å². The fourth-order valence-electron chi connectivity index (χ4n) is 5.47. The van der Waals surface area contributed by atoms with Gasteiger partial charge in [0.1, 0.15) is 0 Å². The molecular weight excluding hydrogens is 232 g/mol. The minimum atomic E-state index is 0.826. The predicted molar refractivity (Wildman–Crippen MR) is 79.1 cm³/mol. The van der Waals surface area contributed by atoms with Crippen LogP contribution in [0.15, 0.2) is 0 Å². The summed E-state index contributed by atoms with van der Waals surface area (Å²) in [5.41, 5.74) is 0. The average Bonchev–Trinajstić information content (AvgIpc) is 2.72. The van der Waals surface area contributed by atoms with Crippen molar-refractivity contribution in [2.45, 2.75) is 82.3 Å². The van der Waals surface area contributed by atoms with Gasteiger partial charge in [-0.25, -0.2) is 0 Å². The molecule has 6 aliphatic rings. The molecule has 6 fully saturated rings. The van der Waals surface area contributed by atoms with Crippen molar-refractivity contribution >= 4 is 0 Å². The maximum atomic E-state index is 4.07. The Morgan fingerprint density at radius 3 is 2.32 bits per heavy atom. The summed E-state index contributed by atoms with van der Waals surface area (Å²) in [7, 11) is 0. The average molecular weight is 262 g/mol. The number of hydrogen-bond acceptors (Lipinski definition) is 2. The highest BCUT2D eigenvalue weighted by Gasteiger charge is 2.39. The second kappa shape index (κ2) is 5.37. The number of hydrogen-bond donors (Lipinski definition) is 2. The lowest BCUT2D eigenvalue weighted by Crippen LogP contribution is -2.53. The highest BCUT2D eigenvalue weighted by Crippen LogP contribution is 2.38. The van der Waals surface area contributed by atoms with Crippen LogP contribution in [0, 0.1) is 17.8 Å². The van der Waals surface area contributed by atoms with E-state index in [4.69, 9.17) is 0 Å². The molecule has 0 radical (unpaired) electrons. The van der Waals surface area contributed by atoms with E-state index in [2.05, 4.69) is 10.6 Å². The first-order valence-electron chi connectivity index (χ1n) is 8.88. The lowest BCUT2D eigenvalue weighted by Gasteiger charge is -2.42. The molecular formula is C17H30N2. The van der Waals surface area contributed by atoms with Gasteiger partial charge in [0.05, 0.1) is 0 Å². The van der Waals surface area contributed by atoms with Crippen LogP contribution in [-0.2, 0) is 0 Å². The minimum Gasteiger partial charge on any atom is -0.313 e. The third kappa shape index (κ3) is 2.58. The van der Waals surface area contributed by atoms with Crippen LogP contribution in [0.5, 0.6) is 0 Å². The minimum absolute atomic E-state index is 0.826. The van der Waals surface area contributed by atoms with Crippen molar-refractivity contribution in [3.63, 3.8) is 0 Å². The zero-order valence-corrected chi connectivity index (χ0v) is 12.2. The smallest absolute Gasteiger partial charge is 0.0115 e. The number of nitrogens with one attached hydrogen (secondary N) is 2. The third-order valence-electron chi connectivity index (χ3n) is 6.62. The fraction of sp³-hybridized carbons (Fsp3) is 1.00. The van der Waals surface area contributed by atoms with E-state index in [0.717, 1.165) is 35.9 Å². The summed E-state index contributed by atoms with van der Waals surface area (Å²) in [4.78, 5) is 0. The van der Waals surface area contributed by atoms with Crippen molar-refractivity contribution in [3.8, 4) is 0 Å². The molecule has 0 aromatic heterocycles. The van der Waals surface area contributed by atoms with Gasteiger partial charge >= 0.3 is 0 Å². The molecule has 0 aromatic rings. The molecule has 2 heteroatoms. The Kier molecular flexibility index (Phi) is 3.57. The summed E-state index contributed by atoms with van der Waals surface area (Å²) in [5, 5.41) is 7.97. The number of fused-ring (bicyclic) bond motifs is 10. The number of rotatable bonds is 1. The topological polar surface area (TPSA) is 24.1 Å². The predicted octanol–water partition coefficient (Wildman–Crippen LogP) is 3.08. The highest BCUT2D eigenvalue weighted by molar-refractivity contribution is 4.96. The first kappa shape index (κ1) is 12.6. The zero-order valence-electron chi connectivity index (χ0n) is 12.2. The van der Waals surface area contributed by atoms with Crippen LogP contribution in [0.2, 0.25) is 0 Å². The standard InChI is InChI=1S/C17H30N2/c1-2-13-6-9-16(18-11-13)15(3-1)17-10-12-4-7-14(19-17)8-5-12/h12-19H,1-11H2. The monoisotopic (exact) mass is 262 g/mol. The molecule has 0 amide bonds. The van der Waals surface area contributed by atoms with E-state index in [-0.39, 0.29) is 0 Å². The fourth-order valence-corrected chi connectivity index (χ4v) is 5.47. The van der Waals surface area contributed by atoms with Crippen molar-refractivity contribution in [3.05, 3.63) is 0 Å². The van der Waals surface area contributed by atoms with E-state index in [1.54, 1.807) is 0 Å². The summed E-state index contributed by atoms with van der Waals surface area (Å²) >= 11 is 0. The molecule has 2 N–H and O–H groups in total. The molecule has 0 spiro atoms. The molecule has 2 aliphatic carbocycles. The third-order valence-corrected chi connectivity index (χ3v) is 6.62. The van der Waals surface area contributed by atoms with Crippen LogP contribution >= 0.6 is 0 Å². The quantitative estimate of drug-likeness (QED) is 0.759. The van der Waals surface area contributed by atoms with E-state index >= 15 is 0 Å². The van der Waals surface area contributed by atoms with Crippen LogP contribution in [0.25, 0.3) is 0 Å². The van der Waals surface area contributed by atoms with Gasteiger partial charge in [-0.1, -0.05) is 6.42 Å². The Morgan fingerprint density at radius 1 is 0.684 bits per heavy atom. The second-order valence-corrected chi connectivity index (χ2v) is 7.78. The SMILES string of the molecule is C1CC2CCC(NC2)C(C2CC3CCC(CC3)N2)C1. The van der Waals surface area contributed by atoms with Crippen molar-refractivity contribution < 1.29 is 0 Å². The highest BCUT2D eigenvalue weighted by atomic mass is 15.0. The molecule has 4 heterocycles. The van der Waals surface area contributed by atoms with E-state index in [0.29, 0.717) is 0 Å². The molecule has 4 atom stereocenters. The maximum Gasteiger partial charge on any atom is 0.0115 e. The van der Waals surface area contributed by atoms with Crippen LogP contribution in [0.1, 0.15) is 64.2 Å². The molecule has 6 rings (SSSR count). The first-order chi connectivity index (χ1) is 9.38. The van der Waals surface area contributed by atoms with Crippen LogP contribution in [-0.4, -0.2) is 24.7 Å².